The molecule has 4 fully saturated rings. The third-order valence-corrected chi connectivity index (χ3v) is 8.13. The quantitative estimate of drug-likeness (QED) is 0.101. The fourth-order valence-electron chi connectivity index (χ4n) is 5.51. The molecule has 4 aliphatic rings. The van der Waals surface area contributed by atoms with Gasteiger partial charge in [0.2, 0.25) is 0 Å². The molecule has 23 heteroatoms. The Morgan fingerprint density at radius 1 is 0.447 bits per heavy atom. The van der Waals surface area contributed by atoms with E-state index >= 15 is 0 Å². The molecule has 4 aliphatic heterocycles. The van der Waals surface area contributed by atoms with Crippen LogP contribution in [-0.2, 0) is 42.7 Å². The number of carbonyl (C=O) groups is 2. The Balaban J connectivity index is 1.51. The van der Waals surface area contributed by atoms with E-state index in [2.05, 4.69) is 0 Å². The monoisotopic (exact) mass is 694 g/mol. The van der Waals surface area contributed by atoms with Gasteiger partial charge in [0, 0.05) is 0 Å². The second-order valence-corrected chi connectivity index (χ2v) is 11.2. The molecular weight excluding hydrogens is 656 g/mol. The summed E-state index contributed by atoms with van der Waals surface area (Å²) >= 11 is 0. The fourth-order valence-corrected chi connectivity index (χ4v) is 5.51. The van der Waals surface area contributed by atoms with Crippen molar-refractivity contribution in [1.82, 2.24) is 0 Å². The number of hydrogen-bond acceptors (Lipinski definition) is 21. The van der Waals surface area contributed by atoms with Gasteiger partial charge >= 0.3 is 11.9 Å². The molecule has 4 heterocycles. The molecule has 23 nitrogen and oxygen atoms in total. The number of hydrogen-bond donors (Lipinski definition) is 14. The van der Waals surface area contributed by atoms with Gasteiger partial charge in [-0.25, -0.2) is 9.59 Å². The van der Waals surface area contributed by atoms with Crippen LogP contribution >= 0.6 is 0 Å². The molecule has 14 N–H and O–H groups in total. The Kier molecular flexibility index (Phi) is 12.4. The highest BCUT2D eigenvalue weighted by Crippen LogP contribution is 2.34. The predicted molar refractivity (Wildman–Crippen MR) is 135 cm³/mol. The zero-order chi connectivity index (χ0) is 35.1. The number of carboxylic acid groups (broad SMARTS) is 2. The van der Waals surface area contributed by atoms with E-state index in [-0.39, 0.29) is 0 Å². The summed E-state index contributed by atoms with van der Waals surface area (Å²) in [6.45, 7) is -1.95. The minimum absolute atomic E-state index is 0.912. The maximum absolute atomic E-state index is 11.9. The van der Waals surface area contributed by atoms with Crippen molar-refractivity contribution in [3.8, 4) is 0 Å². The van der Waals surface area contributed by atoms with E-state index in [1.165, 1.54) is 0 Å². The van der Waals surface area contributed by atoms with Crippen molar-refractivity contribution >= 4 is 11.9 Å². The smallest absolute Gasteiger partial charge is 0.335 e. The predicted octanol–water partition coefficient (Wildman–Crippen LogP) is -9.56. The summed E-state index contributed by atoms with van der Waals surface area (Å²) in [6.07, 6.45) is -40.7. The summed E-state index contributed by atoms with van der Waals surface area (Å²) in [5, 5.41) is 142. The summed E-state index contributed by atoms with van der Waals surface area (Å²) in [4.78, 5) is 23.3. The first kappa shape index (κ1) is 38.0. The zero-order valence-electron chi connectivity index (χ0n) is 23.9. The first-order valence-electron chi connectivity index (χ1n) is 14.1. The van der Waals surface area contributed by atoms with Crippen molar-refractivity contribution in [2.75, 3.05) is 13.2 Å². The second kappa shape index (κ2) is 15.4. The van der Waals surface area contributed by atoms with Crippen molar-refractivity contribution in [2.45, 2.75) is 123 Å². The van der Waals surface area contributed by atoms with Crippen molar-refractivity contribution < 1.29 is 114 Å². The minimum atomic E-state index is -2.25. The fraction of sp³-hybridized carbons (Fsp3) is 0.917. The number of carboxylic acids is 2. The summed E-state index contributed by atoms with van der Waals surface area (Å²) < 4.78 is 36.6. The number of aliphatic hydroxyl groups is 12. The molecule has 0 aromatic rings. The first-order chi connectivity index (χ1) is 22.0. The Hall–Kier alpha value is -1.82. The molecular formula is C24H38O23. The van der Waals surface area contributed by atoms with Gasteiger partial charge in [-0.15, -0.1) is 0 Å². The molecule has 4 saturated heterocycles. The molecule has 272 valence electrons. The second-order valence-electron chi connectivity index (χ2n) is 11.2. The van der Waals surface area contributed by atoms with Crippen LogP contribution in [0.4, 0.5) is 0 Å². The lowest BCUT2D eigenvalue weighted by molar-refractivity contribution is -0.385. The van der Waals surface area contributed by atoms with Crippen LogP contribution in [0.2, 0.25) is 0 Å². The maximum atomic E-state index is 11.9. The standard InChI is InChI=1S/C24H38O23/c25-1-3-14(7(29)9(31)21(40)41-3)44-24-13(35)16(12(34)18(47-24)20(38)39)45-22-11(33)8(30)15(4(2-26)42-22)43-23-10(32)5(27)6(28)17(46-23)19(36)37/h3-18,21-35,40H,1-2H2,(H,36,37)(H,38,39)/t3?,4?,5?,6-,7?,8?,9-,10-,11-,12-,13-,14+,15+,16?,17?,18?,21+,22-,23+,24+/m0/s1. The van der Waals surface area contributed by atoms with E-state index in [1.54, 1.807) is 0 Å². The molecule has 0 saturated carbocycles. The Bertz CT molecular complexity index is 1060. The number of ether oxygens (including phenoxy) is 7. The number of aliphatic hydroxyl groups excluding tert-OH is 12. The van der Waals surface area contributed by atoms with Crippen LogP contribution in [-0.4, -0.2) is 219 Å². The normalized spacial score (nSPS) is 51.0. The number of rotatable bonds is 10. The molecule has 8 unspecified atom stereocenters. The van der Waals surface area contributed by atoms with E-state index < -0.39 is 148 Å². The van der Waals surface area contributed by atoms with Gasteiger partial charge in [0.25, 0.3) is 0 Å². The van der Waals surface area contributed by atoms with Crippen LogP contribution in [0.15, 0.2) is 0 Å². The maximum Gasteiger partial charge on any atom is 0.335 e. The lowest BCUT2D eigenvalue weighted by Gasteiger charge is -2.48. The Labute approximate surface area is 262 Å². The highest BCUT2D eigenvalue weighted by atomic mass is 16.8. The van der Waals surface area contributed by atoms with E-state index in [0.717, 1.165) is 0 Å². The van der Waals surface area contributed by atoms with Gasteiger partial charge in [0.1, 0.15) is 85.5 Å². The van der Waals surface area contributed by atoms with Crippen LogP contribution in [0.1, 0.15) is 0 Å². The van der Waals surface area contributed by atoms with E-state index in [9.17, 15) is 81.1 Å². The molecule has 0 aromatic carbocycles. The average molecular weight is 695 g/mol. The van der Waals surface area contributed by atoms with Crippen LogP contribution in [0.3, 0.4) is 0 Å². The van der Waals surface area contributed by atoms with Gasteiger partial charge in [-0.3, -0.25) is 0 Å². The topological polar surface area (TPSA) is 382 Å². The first-order valence-corrected chi connectivity index (χ1v) is 14.1. The molecule has 0 aliphatic carbocycles. The Morgan fingerprint density at radius 3 is 1.36 bits per heavy atom. The van der Waals surface area contributed by atoms with Gasteiger partial charge in [-0.2, -0.15) is 0 Å². The summed E-state index contributed by atoms with van der Waals surface area (Å²) in [7, 11) is 0. The van der Waals surface area contributed by atoms with Crippen molar-refractivity contribution in [2.24, 2.45) is 0 Å². The third kappa shape index (κ3) is 7.53. The third-order valence-electron chi connectivity index (χ3n) is 8.13. The Morgan fingerprint density at radius 2 is 0.851 bits per heavy atom. The molecule has 0 radical (unpaired) electrons. The highest BCUT2D eigenvalue weighted by Gasteiger charge is 2.56. The van der Waals surface area contributed by atoms with Crippen molar-refractivity contribution in [3.63, 3.8) is 0 Å². The molecule has 0 amide bonds. The lowest BCUT2D eigenvalue weighted by Crippen LogP contribution is -2.68. The molecule has 47 heavy (non-hydrogen) atoms. The van der Waals surface area contributed by atoms with Crippen LogP contribution in [0.5, 0.6) is 0 Å². The summed E-state index contributed by atoms with van der Waals surface area (Å²) in [5.41, 5.74) is 0. The molecule has 20 atom stereocenters. The molecule has 0 aromatic heterocycles. The van der Waals surface area contributed by atoms with Gasteiger partial charge < -0.3 is 105 Å². The van der Waals surface area contributed by atoms with Gasteiger partial charge in [0.05, 0.1) is 13.2 Å². The molecule has 0 spiro atoms. The summed E-state index contributed by atoms with van der Waals surface area (Å²) in [5.74, 6) is -3.59. The van der Waals surface area contributed by atoms with E-state index in [0.29, 0.717) is 0 Å². The SMILES string of the molecule is O=C(O)C1O[C@@H](O[C@@H]2C(CO)O[C@@H](OC3[C@H](O)C(C(=O)O)O[C@@H](O[C@@H]4C(CO)O[C@@H](O)[C@@H](O)C4O)[C@H]3O)[C@@H](O)C2O)[C@@H](O)C(O)[C@@H]1O. The summed E-state index contributed by atoms with van der Waals surface area (Å²) in [6, 6.07) is 0. The van der Waals surface area contributed by atoms with Gasteiger partial charge in [-0.05, 0) is 0 Å². The molecule has 0 bridgehead atoms. The van der Waals surface area contributed by atoms with Gasteiger partial charge in [-0.1, -0.05) is 0 Å². The van der Waals surface area contributed by atoms with Gasteiger partial charge in [0.15, 0.2) is 37.4 Å². The lowest BCUT2D eigenvalue weighted by atomic mass is 9.95. The average Bonchev–Trinajstić information content (AvgIpc) is 3.03. The largest absolute Gasteiger partial charge is 0.479 e. The number of aliphatic carboxylic acids is 2. The van der Waals surface area contributed by atoms with E-state index in [4.69, 9.17) is 33.2 Å². The zero-order valence-corrected chi connectivity index (χ0v) is 23.9. The van der Waals surface area contributed by atoms with Crippen LogP contribution < -0.4 is 0 Å². The van der Waals surface area contributed by atoms with Crippen molar-refractivity contribution in [3.05, 3.63) is 0 Å². The van der Waals surface area contributed by atoms with E-state index in [1.807, 2.05) is 0 Å². The molecule has 4 rings (SSSR count). The van der Waals surface area contributed by atoms with Crippen molar-refractivity contribution in [1.29, 1.82) is 0 Å². The van der Waals surface area contributed by atoms with Crippen LogP contribution in [0.25, 0.3) is 0 Å². The minimum Gasteiger partial charge on any atom is -0.479 e. The highest BCUT2D eigenvalue weighted by molar-refractivity contribution is 5.73. The van der Waals surface area contributed by atoms with Crippen LogP contribution in [0, 0.1) is 0 Å².